The summed E-state index contributed by atoms with van der Waals surface area (Å²) in [5, 5.41) is 10.8. The van der Waals surface area contributed by atoms with Crippen molar-refractivity contribution in [2.75, 3.05) is 11.2 Å². The minimum absolute atomic E-state index is 0.173. The summed E-state index contributed by atoms with van der Waals surface area (Å²) in [5.41, 5.74) is 2.11. The number of benzene rings is 2. The Balaban J connectivity index is 1.74. The number of amides is 1. The summed E-state index contributed by atoms with van der Waals surface area (Å²) in [5.74, 6) is 5.93. The summed E-state index contributed by atoms with van der Waals surface area (Å²) in [6.07, 6.45) is 0. The van der Waals surface area contributed by atoms with Crippen LogP contribution in [0.3, 0.4) is 0 Å². The van der Waals surface area contributed by atoms with E-state index in [4.69, 9.17) is 5.84 Å². The molecule has 1 atom stereocenters. The molecule has 1 amide bonds. The van der Waals surface area contributed by atoms with E-state index in [-0.39, 0.29) is 23.2 Å². The largest absolute Gasteiger partial charge is 0.335 e. The van der Waals surface area contributed by atoms with Gasteiger partial charge in [0, 0.05) is 5.69 Å². The van der Waals surface area contributed by atoms with Gasteiger partial charge in [0.15, 0.2) is 5.82 Å². The third kappa shape index (κ3) is 4.17. The van der Waals surface area contributed by atoms with Crippen LogP contribution in [0.1, 0.15) is 32.3 Å². The molecule has 0 spiro atoms. The zero-order chi connectivity index (χ0) is 20.3. The maximum atomic E-state index is 14.0. The number of nitrogens with one attached hydrogen (secondary N) is 1. The zero-order valence-electron chi connectivity index (χ0n) is 15.9. The van der Waals surface area contributed by atoms with Crippen LogP contribution in [-0.4, -0.2) is 26.0 Å². The van der Waals surface area contributed by atoms with Gasteiger partial charge in [0.05, 0.1) is 10.8 Å². The van der Waals surface area contributed by atoms with Crippen LogP contribution in [-0.2, 0) is 4.79 Å². The highest BCUT2D eigenvalue weighted by atomic mass is 32.2. The Hall–Kier alpha value is -2.87. The van der Waals surface area contributed by atoms with Crippen LogP contribution in [0.5, 0.6) is 0 Å². The third-order valence-electron chi connectivity index (χ3n) is 4.27. The van der Waals surface area contributed by atoms with Crippen molar-refractivity contribution in [2.24, 2.45) is 0 Å². The Morgan fingerprint density at radius 1 is 1.11 bits per heavy atom. The second-order valence-electron chi connectivity index (χ2n) is 6.65. The van der Waals surface area contributed by atoms with Gasteiger partial charge in [0.2, 0.25) is 11.1 Å². The van der Waals surface area contributed by atoms with E-state index in [2.05, 4.69) is 29.4 Å². The number of carbonyl (C=O) groups excluding carboxylic acids is 1. The van der Waals surface area contributed by atoms with Gasteiger partial charge in [-0.1, -0.05) is 55.9 Å². The first kappa shape index (κ1) is 19.9. The molecule has 6 nitrogen and oxygen atoms in total. The summed E-state index contributed by atoms with van der Waals surface area (Å²) in [7, 11) is 0. The lowest BCUT2D eigenvalue weighted by atomic mass is 10.0. The number of nitrogen functional groups attached to an aromatic ring is 1. The lowest BCUT2D eigenvalue weighted by Crippen LogP contribution is -2.24. The highest BCUT2D eigenvalue weighted by Crippen LogP contribution is 2.28. The average Bonchev–Trinajstić information content (AvgIpc) is 3.02. The predicted molar refractivity (Wildman–Crippen MR) is 110 cm³/mol. The summed E-state index contributed by atoms with van der Waals surface area (Å²) < 4.78 is 15.2. The van der Waals surface area contributed by atoms with E-state index in [1.54, 1.807) is 25.1 Å². The minimum Gasteiger partial charge on any atom is -0.335 e. The lowest BCUT2D eigenvalue weighted by Gasteiger charge is -2.16. The summed E-state index contributed by atoms with van der Waals surface area (Å²) in [6, 6.07) is 13.9. The zero-order valence-corrected chi connectivity index (χ0v) is 16.7. The molecule has 1 heterocycles. The molecule has 0 aliphatic carbocycles. The number of hydrogen-bond donors (Lipinski definition) is 2. The number of nitrogens with two attached hydrogens (primary N) is 1. The van der Waals surface area contributed by atoms with Crippen molar-refractivity contribution in [3.8, 4) is 11.4 Å². The molecule has 146 valence electrons. The number of para-hydroxylation sites is 1. The molecule has 0 saturated heterocycles. The molecule has 2 aromatic carbocycles. The van der Waals surface area contributed by atoms with Gasteiger partial charge in [-0.15, -0.1) is 10.2 Å². The molecule has 8 heteroatoms. The number of aromatic nitrogens is 3. The maximum Gasteiger partial charge on any atom is 0.237 e. The molecule has 3 N–H and O–H groups in total. The van der Waals surface area contributed by atoms with Crippen LogP contribution in [0.2, 0.25) is 0 Å². The Kier molecular flexibility index (Phi) is 5.99. The Morgan fingerprint density at radius 3 is 2.50 bits per heavy atom. The molecule has 0 aliphatic heterocycles. The molecule has 3 aromatic rings. The predicted octanol–water partition coefficient (Wildman–Crippen LogP) is 4.04. The number of carbonyl (C=O) groups is 1. The number of rotatable bonds is 6. The first-order valence-corrected chi connectivity index (χ1v) is 9.78. The third-order valence-corrected chi connectivity index (χ3v) is 5.33. The van der Waals surface area contributed by atoms with Crippen LogP contribution >= 0.6 is 11.8 Å². The molecular weight excluding hydrogens is 377 g/mol. The number of thioether (sulfide) groups is 1. The van der Waals surface area contributed by atoms with E-state index in [1.165, 1.54) is 10.7 Å². The minimum atomic E-state index is -0.472. The molecule has 0 fully saturated rings. The molecule has 0 aliphatic rings. The number of hydrogen-bond acceptors (Lipinski definition) is 5. The van der Waals surface area contributed by atoms with Crippen molar-refractivity contribution in [3.05, 3.63) is 59.9 Å². The smallest absolute Gasteiger partial charge is 0.237 e. The molecule has 28 heavy (non-hydrogen) atoms. The van der Waals surface area contributed by atoms with Gasteiger partial charge in [-0.05, 0) is 36.6 Å². The highest BCUT2D eigenvalue weighted by Gasteiger charge is 2.22. The van der Waals surface area contributed by atoms with Crippen LogP contribution < -0.4 is 11.2 Å². The normalized spacial score (nSPS) is 12.2. The Morgan fingerprint density at radius 2 is 1.79 bits per heavy atom. The number of anilines is 1. The van der Waals surface area contributed by atoms with Gasteiger partial charge in [-0.2, -0.15) is 0 Å². The van der Waals surface area contributed by atoms with Crippen molar-refractivity contribution in [2.45, 2.75) is 37.1 Å². The SMILES string of the molecule is CC(Sc1nnc(-c2ccccc2F)n1N)C(=O)Nc1ccccc1C(C)C. The van der Waals surface area contributed by atoms with Crippen LogP contribution in [0.25, 0.3) is 11.4 Å². The van der Waals surface area contributed by atoms with E-state index < -0.39 is 11.1 Å². The van der Waals surface area contributed by atoms with Crippen LogP contribution in [0, 0.1) is 5.82 Å². The lowest BCUT2D eigenvalue weighted by molar-refractivity contribution is -0.115. The Labute approximate surface area is 167 Å². The quantitative estimate of drug-likeness (QED) is 0.483. The molecule has 0 radical (unpaired) electrons. The summed E-state index contributed by atoms with van der Waals surface area (Å²) >= 11 is 1.16. The van der Waals surface area contributed by atoms with E-state index in [0.717, 1.165) is 23.0 Å². The van der Waals surface area contributed by atoms with E-state index in [1.807, 2.05) is 24.3 Å². The van der Waals surface area contributed by atoms with E-state index >= 15 is 0 Å². The number of nitrogens with zero attached hydrogens (tertiary/aromatic N) is 3. The fourth-order valence-electron chi connectivity index (χ4n) is 2.74. The molecule has 1 aromatic heterocycles. The van der Waals surface area contributed by atoms with Crippen molar-refractivity contribution >= 4 is 23.4 Å². The highest BCUT2D eigenvalue weighted by molar-refractivity contribution is 8.00. The van der Waals surface area contributed by atoms with Crippen LogP contribution in [0.4, 0.5) is 10.1 Å². The van der Waals surface area contributed by atoms with Crippen molar-refractivity contribution < 1.29 is 9.18 Å². The van der Waals surface area contributed by atoms with E-state index in [9.17, 15) is 9.18 Å². The molecular formula is C20H22FN5OS. The van der Waals surface area contributed by atoms with E-state index in [0.29, 0.717) is 5.16 Å². The molecule has 0 saturated carbocycles. The van der Waals surface area contributed by atoms with Crippen molar-refractivity contribution in [3.63, 3.8) is 0 Å². The van der Waals surface area contributed by atoms with Crippen molar-refractivity contribution in [1.82, 2.24) is 14.9 Å². The first-order valence-electron chi connectivity index (χ1n) is 8.90. The summed E-state index contributed by atoms with van der Waals surface area (Å²) in [4.78, 5) is 12.6. The second-order valence-corrected chi connectivity index (χ2v) is 7.96. The Bertz CT molecular complexity index is 988. The van der Waals surface area contributed by atoms with Gasteiger partial charge >= 0.3 is 0 Å². The standard InChI is InChI=1S/C20H22FN5OS/c1-12(2)14-8-5-7-11-17(14)23-19(27)13(3)28-20-25-24-18(26(20)22)15-9-4-6-10-16(15)21/h4-13H,22H2,1-3H3,(H,23,27). The molecule has 3 rings (SSSR count). The molecule has 1 unspecified atom stereocenters. The van der Waals surface area contributed by atoms with Crippen LogP contribution in [0.15, 0.2) is 53.7 Å². The average molecular weight is 399 g/mol. The monoisotopic (exact) mass is 399 g/mol. The van der Waals surface area contributed by atoms with Crippen molar-refractivity contribution in [1.29, 1.82) is 0 Å². The van der Waals surface area contributed by atoms with Gasteiger partial charge in [-0.25, -0.2) is 9.07 Å². The number of halogens is 1. The topological polar surface area (TPSA) is 85.8 Å². The second kappa shape index (κ2) is 8.43. The van der Waals surface area contributed by atoms with Gasteiger partial charge in [0.1, 0.15) is 5.82 Å². The summed E-state index contributed by atoms with van der Waals surface area (Å²) in [6.45, 7) is 5.91. The molecule has 0 bridgehead atoms. The maximum absolute atomic E-state index is 14.0. The van der Waals surface area contributed by atoms with Gasteiger partial charge < -0.3 is 11.2 Å². The van der Waals surface area contributed by atoms with Gasteiger partial charge in [-0.3, -0.25) is 4.79 Å². The fourth-order valence-corrected chi connectivity index (χ4v) is 3.51. The first-order chi connectivity index (χ1) is 13.4. The van der Waals surface area contributed by atoms with Gasteiger partial charge in [0.25, 0.3) is 0 Å². The fraction of sp³-hybridized carbons (Fsp3) is 0.250.